The molecule has 1 aliphatic heterocycles. The molecule has 0 radical (unpaired) electrons. The summed E-state index contributed by atoms with van der Waals surface area (Å²) in [5.74, 6) is -4.12. The Kier molecular flexibility index (Phi) is 6.30. The third kappa shape index (κ3) is 3.95. The molecule has 8 nitrogen and oxygen atoms in total. The number of nitrogens with zero attached hydrogens (tertiary/aromatic N) is 2. The van der Waals surface area contributed by atoms with E-state index in [0.29, 0.717) is 12.8 Å². The van der Waals surface area contributed by atoms with Crippen LogP contribution in [0.2, 0.25) is 0 Å². The zero-order valence-electron chi connectivity index (χ0n) is 19.2. The van der Waals surface area contributed by atoms with Crippen molar-refractivity contribution in [2.45, 2.75) is 56.0 Å². The number of aliphatic hydroxyl groups is 2. The molecule has 0 spiro atoms. The number of aromatic amines is 1. The number of fused-ring (bicyclic) bond motifs is 1. The number of H-pyrrole nitrogens is 1. The summed E-state index contributed by atoms with van der Waals surface area (Å²) in [6, 6.07) is -0.394. The van der Waals surface area contributed by atoms with Gasteiger partial charge in [0.05, 0.1) is 12.5 Å². The average Bonchev–Trinajstić information content (AvgIpc) is 3.53. The van der Waals surface area contributed by atoms with Crippen LogP contribution in [0.3, 0.4) is 0 Å². The Balaban J connectivity index is 1.88. The molecule has 2 aromatic rings. The number of hydrogen-bond donors (Lipinski definition) is 3. The molecule has 4 rings (SSSR count). The van der Waals surface area contributed by atoms with E-state index in [-0.39, 0.29) is 16.5 Å². The molecule has 37 heavy (non-hydrogen) atoms. The van der Waals surface area contributed by atoms with Gasteiger partial charge in [0, 0.05) is 30.6 Å². The molecule has 3 unspecified atom stereocenters. The lowest BCUT2D eigenvalue weighted by atomic mass is 9.84. The Bertz CT molecular complexity index is 1330. The van der Waals surface area contributed by atoms with Crippen LogP contribution in [0.25, 0.3) is 10.9 Å². The smallest absolute Gasteiger partial charge is 0.428 e. The molecule has 2 heterocycles. The third-order valence-corrected chi connectivity index (χ3v) is 6.91. The van der Waals surface area contributed by atoms with E-state index in [4.69, 9.17) is 4.74 Å². The average molecular weight is 547 g/mol. The van der Waals surface area contributed by atoms with E-state index in [0.717, 1.165) is 23.5 Å². The number of aryl methyl sites for hydroxylation is 1. The van der Waals surface area contributed by atoms with E-state index < -0.39 is 83.8 Å². The summed E-state index contributed by atoms with van der Waals surface area (Å²) < 4.78 is 116. The maximum absolute atomic E-state index is 15.6. The summed E-state index contributed by atoms with van der Waals surface area (Å²) in [6.45, 7) is -0.923. The van der Waals surface area contributed by atoms with E-state index >= 15 is 4.39 Å². The summed E-state index contributed by atoms with van der Waals surface area (Å²) in [5.41, 5.74) is -8.60. The lowest BCUT2D eigenvalue weighted by Crippen LogP contribution is -2.66. The SMILES string of the molecule is COc1c(N2CC(F)C(C(O)C(O)(C(F)(F)F)C(F)(F)F)C2)c(F)c(C)c2c(=O)[nH]c(=O)n(C3CC3)c12. The van der Waals surface area contributed by atoms with Crippen LogP contribution in [0.4, 0.5) is 40.8 Å². The van der Waals surface area contributed by atoms with E-state index in [1.807, 2.05) is 0 Å². The maximum atomic E-state index is 15.6. The van der Waals surface area contributed by atoms with Gasteiger partial charge in [0.25, 0.3) is 11.2 Å². The van der Waals surface area contributed by atoms with Crippen LogP contribution < -0.4 is 20.9 Å². The molecular weight excluding hydrogens is 526 g/mol. The molecule has 3 N–H and O–H groups in total. The van der Waals surface area contributed by atoms with Crippen molar-refractivity contribution < 1.29 is 50.1 Å². The fourth-order valence-electron chi connectivity index (χ4n) is 4.85. The van der Waals surface area contributed by atoms with E-state index in [2.05, 4.69) is 4.98 Å². The quantitative estimate of drug-likeness (QED) is 0.497. The third-order valence-electron chi connectivity index (χ3n) is 6.91. The van der Waals surface area contributed by atoms with Gasteiger partial charge < -0.3 is 19.8 Å². The Morgan fingerprint density at radius 1 is 1.08 bits per heavy atom. The second kappa shape index (κ2) is 8.58. The Labute approximate surface area is 202 Å². The van der Waals surface area contributed by atoms with Crippen molar-refractivity contribution in [1.82, 2.24) is 9.55 Å². The van der Waals surface area contributed by atoms with Gasteiger partial charge in [-0.25, -0.2) is 13.6 Å². The normalized spacial score (nSPS) is 22.1. The van der Waals surface area contributed by atoms with Crippen LogP contribution in [-0.2, 0) is 0 Å². The highest BCUT2D eigenvalue weighted by Gasteiger charge is 2.75. The van der Waals surface area contributed by atoms with Crippen molar-refractivity contribution in [3.63, 3.8) is 0 Å². The number of aliphatic hydroxyl groups excluding tert-OH is 1. The van der Waals surface area contributed by atoms with Gasteiger partial charge in [-0.15, -0.1) is 0 Å². The van der Waals surface area contributed by atoms with Crippen molar-refractivity contribution in [2.75, 3.05) is 25.1 Å². The molecule has 2 fully saturated rings. The minimum Gasteiger partial charge on any atom is -0.492 e. The lowest BCUT2D eigenvalue weighted by Gasteiger charge is -2.38. The number of rotatable bonds is 5. The zero-order chi connectivity index (χ0) is 27.8. The van der Waals surface area contributed by atoms with Gasteiger partial charge in [0.15, 0.2) is 11.6 Å². The van der Waals surface area contributed by atoms with Gasteiger partial charge in [0.2, 0.25) is 0 Å². The number of methoxy groups -OCH3 is 1. The fraction of sp³-hybridized carbons (Fsp3) is 0.619. The van der Waals surface area contributed by atoms with E-state index in [1.54, 1.807) is 0 Å². The number of halogens is 8. The Hall–Kier alpha value is -2.88. The Morgan fingerprint density at radius 2 is 1.65 bits per heavy atom. The number of benzene rings is 1. The predicted molar refractivity (Wildman–Crippen MR) is 112 cm³/mol. The number of ether oxygens (including phenoxy) is 1. The van der Waals surface area contributed by atoms with Crippen LogP contribution >= 0.6 is 0 Å². The molecule has 0 bridgehead atoms. The molecule has 1 aliphatic carbocycles. The van der Waals surface area contributed by atoms with E-state index in [9.17, 15) is 50.5 Å². The molecule has 3 atom stereocenters. The van der Waals surface area contributed by atoms with Gasteiger partial charge in [0.1, 0.15) is 23.5 Å². The number of alkyl halides is 7. The topological polar surface area (TPSA) is 108 Å². The van der Waals surface area contributed by atoms with Gasteiger partial charge in [-0.2, -0.15) is 26.3 Å². The first kappa shape index (κ1) is 27.2. The highest BCUT2D eigenvalue weighted by atomic mass is 19.4. The molecule has 0 amide bonds. The molecule has 206 valence electrons. The fourth-order valence-corrected chi connectivity index (χ4v) is 4.85. The van der Waals surface area contributed by atoms with Crippen molar-refractivity contribution >= 4 is 16.6 Å². The minimum absolute atomic E-state index is 0.172. The second-order valence-corrected chi connectivity index (χ2v) is 9.20. The lowest BCUT2D eigenvalue weighted by molar-refractivity contribution is -0.396. The number of nitrogens with one attached hydrogen (secondary N) is 1. The highest BCUT2D eigenvalue weighted by Crippen LogP contribution is 2.50. The molecule has 1 saturated carbocycles. The monoisotopic (exact) mass is 547 g/mol. The maximum Gasteiger partial charge on any atom is 0.428 e. The van der Waals surface area contributed by atoms with Gasteiger partial charge in [-0.1, -0.05) is 0 Å². The second-order valence-electron chi connectivity index (χ2n) is 9.20. The molecule has 16 heteroatoms. The summed E-state index contributed by atoms with van der Waals surface area (Å²) in [6.07, 6.45) is -18.1. The van der Waals surface area contributed by atoms with Gasteiger partial charge in [-0.3, -0.25) is 14.3 Å². The molecule has 1 aromatic carbocycles. The summed E-state index contributed by atoms with van der Waals surface area (Å²) >= 11 is 0. The van der Waals surface area contributed by atoms with Gasteiger partial charge >= 0.3 is 18.0 Å². The number of hydrogen-bond acceptors (Lipinski definition) is 6. The van der Waals surface area contributed by atoms with Gasteiger partial charge in [-0.05, 0) is 19.8 Å². The highest BCUT2D eigenvalue weighted by molar-refractivity contribution is 5.93. The van der Waals surface area contributed by atoms with Crippen molar-refractivity contribution in [2.24, 2.45) is 5.92 Å². The van der Waals surface area contributed by atoms with E-state index in [1.165, 1.54) is 0 Å². The van der Waals surface area contributed by atoms with Crippen LogP contribution in [0, 0.1) is 18.7 Å². The molecule has 1 saturated heterocycles. The number of aromatic nitrogens is 2. The van der Waals surface area contributed by atoms with Crippen LogP contribution in [0.5, 0.6) is 5.75 Å². The summed E-state index contributed by atoms with van der Waals surface area (Å²) in [4.78, 5) is 27.8. The first-order chi connectivity index (χ1) is 17.0. The summed E-state index contributed by atoms with van der Waals surface area (Å²) in [7, 11) is 1.03. The van der Waals surface area contributed by atoms with Crippen LogP contribution in [0.1, 0.15) is 24.4 Å². The Morgan fingerprint density at radius 3 is 2.14 bits per heavy atom. The number of anilines is 1. The standard InChI is InChI=1S/C21H21F8N3O5/c1-7-11-13(32(8-3-4-8)18(35)30-17(11)34)15(37-2)14(12(7)23)31-5-9(10(22)6-31)16(33)19(36,20(24,25)26)21(27,28)29/h8-10,16,33,36H,3-6H2,1-2H3,(H,30,34,35). The summed E-state index contributed by atoms with van der Waals surface area (Å²) in [5, 5.41) is 19.3. The van der Waals surface area contributed by atoms with Crippen molar-refractivity contribution in [3.05, 3.63) is 32.2 Å². The molecule has 1 aromatic heterocycles. The molecular formula is C21H21F8N3O5. The zero-order valence-corrected chi connectivity index (χ0v) is 19.2. The largest absolute Gasteiger partial charge is 0.492 e. The van der Waals surface area contributed by atoms with Crippen LogP contribution in [0.15, 0.2) is 9.59 Å². The van der Waals surface area contributed by atoms with Crippen molar-refractivity contribution in [3.8, 4) is 5.75 Å². The minimum atomic E-state index is -6.42. The molecule has 2 aliphatic rings. The predicted octanol–water partition coefficient (Wildman–Crippen LogP) is 2.47. The van der Waals surface area contributed by atoms with Crippen molar-refractivity contribution in [1.29, 1.82) is 0 Å². The first-order valence-electron chi connectivity index (χ1n) is 10.9. The first-order valence-corrected chi connectivity index (χ1v) is 10.9. The van der Waals surface area contributed by atoms with Crippen LogP contribution in [-0.4, -0.2) is 70.2 Å².